The van der Waals surface area contributed by atoms with Crippen LogP contribution >= 0.6 is 0 Å². The van der Waals surface area contributed by atoms with Gasteiger partial charge in [0, 0.05) is 6.54 Å². The fraction of sp³-hybridized carbons (Fsp3) is 0.562. The largest absolute Gasteiger partial charge is 0.465 e. The number of benzene rings is 1. The Kier molecular flexibility index (Phi) is 4.97. The van der Waals surface area contributed by atoms with Gasteiger partial charge in [-0.15, -0.1) is 0 Å². The highest BCUT2D eigenvalue weighted by Gasteiger charge is 2.21. The summed E-state index contributed by atoms with van der Waals surface area (Å²) in [5, 5.41) is 0. The van der Waals surface area contributed by atoms with Gasteiger partial charge in [0.15, 0.2) is 0 Å². The predicted octanol–water partition coefficient (Wildman–Crippen LogP) is 3.06. The number of likely N-dealkylation sites (tertiary alicyclic amines) is 1. The summed E-state index contributed by atoms with van der Waals surface area (Å²) >= 11 is 0. The highest BCUT2D eigenvalue weighted by Crippen LogP contribution is 2.27. The molecule has 3 nitrogen and oxygen atoms in total. The van der Waals surface area contributed by atoms with Crippen molar-refractivity contribution in [2.75, 3.05) is 26.7 Å². The van der Waals surface area contributed by atoms with E-state index in [-0.39, 0.29) is 5.97 Å². The van der Waals surface area contributed by atoms with Crippen molar-refractivity contribution in [3.05, 3.63) is 35.4 Å². The monoisotopic (exact) mass is 261 g/mol. The highest BCUT2D eigenvalue weighted by atomic mass is 16.5. The summed E-state index contributed by atoms with van der Waals surface area (Å²) in [6.07, 6.45) is 3.66. The molecule has 2 rings (SSSR count). The summed E-state index contributed by atoms with van der Waals surface area (Å²) in [4.78, 5) is 14.1. The molecule has 1 aliphatic rings. The van der Waals surface area contributed by atoms with E-state index in [1.807, 2.05) is 18.2 Å². The van der Waals surface area contributed by atoms with Crippen LogP contribution in [-0.2, 0) is 4.74 Å². The zero-order chi connectivity index (χ0) is 13.7. The van der Waals surface area contributed by atoms with Gasteiger partial charge in [0.25, 0.3) is 0 Å². The number of esters is 1. The van der Waals surface area contributed by atoms with Crippen molar-refractivity contribution in [3.63, 3.8) is 0 Å². The Labute approximate surface area is 115 Å². The Morgan fingerprint density at radius 1 is 1.47 bits per heavy atom. The maximum absolute atomic E-state index is 11.6. The molecule has 0 saturated carbocycles. The van der Waals surface area contributed by atoms with Crippen LogP contribution in [0.5, 0.6) is 0 Å². The third-order valence-corrected chi connectivity index (χ3v) is 3.82. The Hall–Kier alpha value is -1.35. The fourth-order valence-electron chi connectivity index (χ4n) is 2.88. The average molecular weight is 261 g/mol. The van der Waals surface area contributed by atoms with Crippen LogP contribution in [0.3, 0.4) is 0 Å². The number of ether oxygens (including phenoxy) is 1. The molecule has 1 heterocycles. The van der Waals surface area contributed by atoms with Crippen molar-refractivity contribution in [3.8, 4) is 0 Å². The summed E-state index contributed by atoms with van der Waals surface area (Å²) < 4.78 is 4.79. The van der Waals surface area contributed by atoms with E-state index in [2.05, 4.69) is 17.9 Å². The molecular formula is C16H23NO2. The quantitative estimate of drug-likeness (QED) is 0.780. The summed E-state index contributed by atoms with van der Waals surface area (Å²) in [5.74, 6) is 0.299. The van der Waals surface area contributed by atoms with Crippen LogP contribution in [-0.4, -0.2) is 37.6 Å². The molecule has 19 heavy (non-hydrogen) atoms. The van der Waals surface area contributed by atoms with Crippen LogP contribution in [0.4, 0.5) is 0 Å². The van der Waals surface area contributed by atoms with E-state index in [0.29, 0.717) is 11.5 Å². The van der Waals surface area contributed by atoms with E-state index >= 15 is 0 Å². The van der Waals surface area contributed by atoms with Crippen molar-refractivity contribution in [1.82, 2.24) is 4.90 Å². The first-order valence-electron chi connectivity index (χ1n) is 7.15. The summed E-state index contributed by atoms with van der Waals surface area (Å²) in [6, 6.07) is 7.90. The number of carbonyl (C=O) groups excluding carboxylic acids is 1. The molecule has 0 N–H and O–H groups in total. The highest BCUT2D eigenvalue weighted by molar-refractivity contribution is 5.89. The van der Waals surface area contributed by atoms with Gasteiger partial charge in [-0.25, -0.2) is 4.79 Å². The molecule has 0 amide bonds. The van der Waals surface area contributed by atoms with Crippen molar-refractivity contribution in [1.29, 1.82) is 0 Å². The van der Waals surface area contributed by atoms with Gasteiger partial charge in [-0.1, -0.05) is 19.1 Å². The molecule has 0 radical (unpaired) electrons. The van der Waals surface area contributed by atoms with E-state index < -0.39 is 0 Å². The molecule has 1 aromatic carbocycles. The fourth-order valence-corrected chi connectivity index (χ4v) is 2.88. The number of methoxy groups -OCH3 is 1. The first kappa shape index (κ1) is 14.1. The van der Waals surface area contributed by atoms with Gasteiger partial charge in [0.05, 0.1) is 12.7 Å². The number of rotatable bonds is 4. The van der Waals surface area contributed by atoms with Gasteiger partial charge in [-0.2, -0.15) is 0 Å². The predicted molar refractivity (Wildman–Crippen MR) is 76.5 cm³/mol. The summed E-state index contributed by atoms with van der Waals surface area (Å²) in [5.41, 5.74) is 1.93. The zero-order valence-electron chi connectivity index (χ0n) is 11.9. The van der Waals surface area contributed by atoms with Crippen LogP contribution in [0.15, 0.2) is 24.3 Å². The van der Waals surface area contributed by atoms with Crippen molar-refractivity contribution >= 4 is 5.97 Å². The molecule has 0 unspecified atom stereocenters. The van der Waals surface area contributed by atoms with E-state index in [1.165, 1.54) is 45.0 Å². The second-order valence-electron chi connectivity index (χ2n) is 5.26. The van der Waals surface area contributed by atoms with Gasteiger partial charge >= 0.3 is 5.97 Å². The Bertz CT molecular complexity index is 429. The van der Waals surface area contributed by atoms with Crippen LogP contribution in [0.25, 0.3) is 0 Å². The normalized spacial score (nSPS) is 20.2. The Balaban J connectivity index is 2.10. The van der Waals surface area contributed by atoms with Crippen molar-refractivity contribution in [2.24, 2.45) is 0 Å². The minimum Gasteiger partial charge on any atom is -0.465 e. The Morgan fingerprint density at radius 3 is 3.05 bits per heavy atom. The molecule has 0 spiro atoms. The molecule has 1 aromatic rings. The Morgan fingerprint density at radius 2 is 2.32 bits per heavy atom. The minimum absolute atomic E-state index is 0.247. The number of carbonyl (C=O) groups is 1. The van der Waals surface area contributed by atoms with Gasteiger partial charge in [0.1, 0.15) is 0 Å². The molecule has 1 aliphatic heterocycles. The first-order valence-corrected chi connectivity index (χ1v) is 7.15. The minimum atomic E-state index is -0.247. The number of nitrogens with zero attached hydrogens (tertiary/aromatic N) is 1. The smallest absolute Gasteiger partial charge is 0.337 e. The molecule has 0 aliphatic carbocycles. The topological polar surface area (TPSA) is 29.5 Å². The van der Waals surface area contributed by atoms with Crippen LogP contribution < -0.4 is 0 Å². The lowest BCUT2D eigenvalue weighted by Crippen LogP contribution is -2.34. The van der Waals surface area contributed by atoms with E-state index in [9.17, 15) is 4.79 Å². The molecular weight excluding hydrogens is 238 g/mol. The average Bonchev–Trinajstić information content (AvgIpc) is 2.47. The standard InChI is InChI=1S/C16H23NO2/c1-3-9-17-10-5-8-15(12-17)13-6-4-7-14(11-13)16(18)19-2/h4,6-7,11,15H,3,5,8-10,12H2,1-2H3/t15-/m0/s1. The number of piperidine rings is 1. The lowest BCUT2D eigenvalue weighted by Gasteiger charge is -2.32. The van der Waals surface area contributed by atoms with Crippen molar-refractivity contribution < 1.29 is 9.53 Å². The van der Waals surface area contributed by atoms with Crippen molar-refractivity contribution in [2.45, 2.75) is 32.1 Å². The molecule has 3 heteroatoms. The SMILES string of the molecule is CCCN1CCC[C@H](c2cccc(C(=O)OC)c2)C1. The molecule has 104 valence electrons. The maximum Gasteiger partial charge on any atom is 0.337 e. The molecule has 1 fully saturated rings. The first-order chi connectivity index (χ1) is 9.24. The van der Waals surface area contributed by atoms with Gasteiger partial charge in [-0.05, 0) is 56.0 Å². The molecule has 1 atom stereocenters. The lowest BCUT2D eigenvalue weighted by atomic mass is 9.89. The van der Waals surface area contributed by atoms with Gasteiger partial charge in [0.2, 0.25) is 0 Å². The second-order valence-corrected chi connectivity index (χ2v) is 5.26. The van der Waals surface area contributed by atoms with Crippen LogP contribution in [0.2, 0.25) is 0 Å². The number of hydrogen-bond donors (Lipinski definition) is 0. The van der Waals surface area contributed by atoms with Gasteiger partial charge in [-0.3, -0.25) is 0 Å². The lowest BCUT2D eigenvalue weighted by molar-refractivity contribution is 0.0600. The van der Waals surface area contributed by atoms with Crippen LogP contribution in [0, 0.1) is 0 Å². The van der Waals surface area contributed by atoms with E-state index in [0.717, 1.165) is 6.54 Å². The van der Waals surface area contributed by atoms with E-state index in [1.54, 1.807) is 0 Å². The van der Waals surface area contributed by atoms with E-state index in [4.69, 9.17) is 4.74 Å². The summed E-state index contributed by atoms with van der Waals surface area (Å²) in [7, 11) is 1.43. The molecule has 0 aromatic heterocycles. The van der Waals surface area contributed by atoms with Gasteiger partial charge < -0.3 is 9.64 Å². The molecule has 0 bridgehead atoms. The van der Waals surface area contributed by atoms with Crippen LogP contribution in [0.1, 0.15) is 48.0 Å². The zero-order valence-corrected chi connectivity index (χ0v) is 11.9. The number of hydrogen-bond acceptors (Lipinski definition) is 3. The maximum atomic E-state index is 11.6. The second kappa shape index (κ2) is 6.71. The third-order valence-electron chi connectivity index (χ3n) is 3.82. The molecule has 1 saturated heterocycles. The summed E-state index contributed by atoms with van der Waals surface area (Å²) in [6.45, 7) is 5.72. The third kappa shape index (κ3) is 3.57.